The molecule has 0 saturated carbocycles. The van der Waals surface area contributed by atoms with Gasteiger partial charge in [0.2, 0.25) is 0 Å². The standard InChI is InChI=1S/C28H30ClN3O3/c1-20-9-10-21(2)26(18-20)35-19-28(33)30-15-5-8-27-31-24-6-3-4-7-25(24)32(27)16-17-34-23-13-11-22(29)12-14-23/h3-4,6-7,9-14,18H,5,8,15-17,19H2,1-2H3,(H,30,33). The third-order valence-electron chi connectivity index (χ3n) is 5.73. The Bertz CT molecular complexity index is 1280. The largest absolute Gasteiger partial charge is 0.492 e. The summed E-state index contributed by atoms with van der Waals surface area (Å²) < 4.78 is 13.8. The van der Waals surface area contributed by atoms with Gasteiger partial charge >= 0.3 is 0 Å². The predicted octanol–water partition coefficient (Wildman–Crippen LogP) is 5.51. The molecule has 0 spiro atoms. The Morgan fingerprint density at radius 3 is 2.66 bits per heavy atom. The van der Waals surface area contributed by atoms with Gasteiger partial charge in [-0.25, -0.2) is 4.98 Å². The summed E-state index contributed by atoms with van der Waals surface area (Å²) >= 11 is 5.95. The molecule has 0 unspecified atom stereocenters. The van der Waals surface area contributed by atoms with Crippen LogP contribution in [0.25, 0.3) is 11.0 Å². The summed E-state index contributed by atoms with van der Waals surface area (Å²) in [7, 11) is 0. The molecule has 0 radical (unpaired) electrons. The van der Waals surface area contributed by atoms with Crippen molar-refractivity contribution in [3.05, 3.63) is 88.7 Å². The number of ether oxygens (including phenoxy) is 2. The molecule has 4 rings (SSSR count). The van der Waals surface area contributed by atoms with Crippen LogP contribution in [0, 0.1) is 13.8 Å². The van der Waals surface area contributed by atoms with Gasteiger partial charge in [0.1, 0.15) is 23.9 Å². The molecule has 35 heavy (non-hydrogen) atoms. The van der Waals surface area contributed by atoms with Crippen molar-refractivity contribution in [2.24, 2.45) is 0 Å². The Hall–Kier alpha value is -3.51. The molecule has 0 bridgehead atoms. The van der Waals surface area contributed by atoms with Crippen LogP contribution in [-0.2, 0) is 17.8 Å². The third-order valence-corrected chi connectivity index (χ3v) is 5.98. The molecule has 0 aliphatic carbocycles. The lowest BCUT2D eigenvalue weighted by Crippen LogP contribution is -2.30. The monoisotopic (exact) mass is 491 g/mol. The van der Waals surface area contributed by atoms with Crippen LogP contribution in [0.15, 0.2) is 66.7 Å². The molecule has 1 heterocycles. The first-order valence-electron chi connectivity index (χ1n) is 11.8. The number of rotatable bonds is 11. The number of benzene rings is 3. The van der Waals surface area contributed by atoms with Gasteiger partial charge in [0.15, 0.2) is 6.61 Å². The smallest absolute Gasteiger partial charge is 0.257 e. The Balaban J connectivity index is 1.28. The average Bonchev–Trinajstić information content (AvgIpc) is 3.21. The van der Waals surface area contributed by atoms with Crippen molar-refractivity contribution >= 4 is 28.5 Å². The van der Waals surface area contributed by atoms with E-state index in [1.54, 1.807) is 0 Å². The SMILES string of the molecule is Cc1ccc(C)c(OCC(=O)NCCCc2nc3ccccc3n2CCOc2ccc(Cl)cc2)c1. The molecule has 0 atom stereocenters. The molecular formula is C28H30ClN3O3. The van der Waals surface area contributed by atoms with E-state index >= 15 is 0 Å². The molecule has 3 aromatic carbocycles. The third kappa shape index (κ3) is 6.76. The van der Waals surface area contributed by atoms with E-state index < -0.39 is 0 Å². The van der Waals surface area contributed by atoms with E-state index in [1.807, 2.05) is 74.5 Å². The average molecular weight is 492 g/mol. The lowest BCUT2D eigenvalue weighted by Gasteiger charge is -2.12. The Morgan fingerprint density at radius 1 is 1.03 bits per heavy atom. The van der Waals surface area contributed by atoms with Gasteiger partial charge in [-0.15, -0.1) is 0 Å². The van der Waals surface area contributed by atoms with E-state index in [1.165, 1.54) is 0 Å². The summed E-state index contributed by atoms with van der Waals surface area (Å²) in [5.41, 5.74) is 4.16. The van der Waals surface area contributed by atoms with Crippen LogP contribution in [0.1, 0.15) is 23.4 Å². The highest BCUT2D eigenvalue weighted by Crippen LogP contribution is 2.20. The Labute approximate surface area is 210 Å². The predicted molar refractivity (Wildman–Crippen MR) is 139 cm³/mol. The topological polar surface area (TPSA) is 65.4 Å². The number of nitrogens with zero attached hydrogens (tertiary/aromatic N) is 2. The van der Waals surface area contributed by atoms with Crippen LogP contribution < -0.4 is 14.8 Å². The number of hydrogen-bond donors (Lipinski definition) is 1. The molecule has 0 aliphatic rings. The number of aryl methyl sites for hydroxylation is 3. The Morgan fingerprint density at radius 2 is 1.83 bits per heavy atom. The van der Waals surface area contributed by atoms with Crippen molar-refractivity contribution in [3.63, 3.8) is 0 Å². The van der Waals surface area contributed by atoms with Crippen LogP contribution in [0.4, 0.5) is 0 Å². The highest BCUT2D eigenvalue weighted by atomic mass is 35.5. The number of aromatic nitrogens is 2. The highest BCUT2D eigenvalue weighted by molar-refractivity contribution is 6.30. The number of carbonyl (C=O) groups is 1. The Kier molecular flexibility index (Phi) is 8.27. The summed E-state index contributed by atoms with van der Waals surface area (Å²) in [6, 6.07) is 21.4. The zero-order valence-electron chi connectivity index (χ0n) is 20.1. The first-order valence-corrected chi connectivity index (χ1v) is 12.2. The number of hydrogen-bond acceptors (Lipinski definition) is 4. The van der Waals surface area contributed by atoms with Crippen molar-refractivity contribution < 1.29 is 14.3 Å². The lowest BCUT2D eigenvalue weighted by atomic mass is 10.1. The number of halogens is 1. The second-order valence-corrected chi connectivity index (χ2v) is 8.92. The number of nitrogens with one attached hydrogen (secondary N) is 1. The molecule has 4 aromatic rings. The van der Waals surface area contributed by atoms with Crippen molar-refractivity contribution in [2.75, 3.05) is 19.8 Å². The van der Waals surface area contributed by atoms with Gasteiger partial charge in [0.05, 0.1) is 17.6 Å². The molecule has 0 aliphatic heterocycles. The molecule has 0 saturated heterocycles. The van der Waals surface area contributed by atoms with Crippen molar-refractivity contribution in [3.8, 4) is 11.5 Å². The molecule has 1 N–H and O–H groups in total. The first kappa shape index (κ1) is 24.6. The number of para-hydroxylation sites is 2. The highest BCUT2D eigenvalue weighted by Gasteiger charge is 2.11. The van der Waals surface area contributed by atoms with Crippen LogP contribution >= 0.6 is 11.6 Å². The van der Waals surface area contributed by atoms with Crippen LogP contribution in [0.5, 0.6) is 11.5 Å². The van der Waals surface area contributed by atoms with E-state index in [0.29, 0.717) is 24.7 Å². The second-order valence-electron chi connectivity index (χ2n) is 8.48. The summed E-state index contributed by atoms with van der Waals surface area (Å²) in [5, 5.41) is 3.63. The number of carbonyl (C=O) groups excluding carboxylic acids is 1. The zero-order chi connectivity index (χ0) is 24.6. The van der Waals surface area contributed by atoms with E-state index in [-0.39, 0.29) is 12.5 Å². The van der Waals surface area contributed by atoms with E-state index in [9.17, 15) is 4.79 Å². The molecule has 1 aromatic heterocycles. The summed E-state index contributed by atoms with van der Waals surface area (Å²) in [6.07, 6.45) is 1.52. The van der Waals surface area contributed by atoms with E-state index in [0.717, 1.165) is 52.3 Å². The van der Waals surface area contributed by atoms with Crippen LogP contribution in [0.3, 0.4) is 0 Å². The van der Waals surface area contributed by atoms with Gasteiger partial charge in [-0.2, -0.15) is 0 Å². The minimum Gasteiger partial charge on any atom is -0.492 e. The summed E-state index contributed by atoms with van der Waals surface area (Å²) in [4.78, 5) is 17.1. The maximum absolute atomic E-state index is 12.2. The molecule has 1 amide bonds. The van der Waals surface area contributed by atoms with E-state index in [2.05, 4.69) is 16.0 Å². The van der Waals surface area contributed by atoms with Gasteiger partial charge in [-0.05, 0) is 73.9 Å². The first-order chi connectivity index (χ1) is 17.0. The molecule has 7 heteroatoms. The van der Waals surface area contributed by atoms with Crippen molar-refractivity contribution in [1.29, 1.82) is 0 Å². The van der Waals surface area contributed by atoms with Gasteiger partial charge in [-0.1, -0.05) is 35.9 Å². The van der Waals surface area contributed by atoms with Gasteiger partial charge in [0.25, 0.3) is 5.91 Å². The van der Waals surface area contributed by atoms with Crippen LogP contribution in [0.2, 0.25) is 5.02 Å². The number of amides is 1. The molecular weight excluding hydrogens is 462 g/mol. The number of imidazole rings is 1. The fourth-order valence-electron chi connectivity index (χ4n) is 3.88. The van der Waals surface area contributed by atoms with Gasteiger partial charge < -0.3 is 19.4 Å². The fourth-order valence-corrected chi connectivity index (χ4v) is 4.01. The second kappa shape index (κ2) is 11.8. The molecule has 0 fully saturated rings. The van der Waals surface area contributed by atoms with Gasteiger partial charge in [-0.3, -0.25) is 4.79 Å². The van der Waals surface area contributed by atoms with Crippen molar-refractivity contribution in [2.45, 2.75) is 33.2 Å². The summed E-state index contributed by atoms with van der Waals surface area (Å²) in [5.74, 6) is 2.38. The lowest BCUT2D eigenvalue weighted by molar-refractivity contribution is -0.123. The maximum Gasteiger partial charge on any atom is 0.257 e. The normalized spacial score (nSPS) is 10.9. The molecule has 6 nitrogen and oxygen atoms in total. The minimum absolute atomic E-state index is 0.00480. The minimum atomic E-state index is -0.129. The zero-order valence-corrected chi connectivity index (χ0v) is 20.8. The van der Waals surface area contributed by atoms with Crippen molar-refractivity contribution in [1.82, 2.24) is 14.9 Å². The number of fused-ring (bicyclic) bond motifs is 1. The van der Waals surface area contributed by atoms with Crippen LogP contribution in [-0.4, -0.2) is 35.2 Å². The van der Waals surface area contributed by atoms with Gasteiger partial charge in [0, 0.05) is 18.0 Å². The quantitative estimate of drug-likeness (QED) is 0.281. The fraction of sp³-hybridized carbons (Fsp3) is 0.286. The maximum atomic E-state index is 12.2. The summed E-state index contributed by atoms with van der Waals surface area (Å²) in [6.45, 7) is 5.73. The molecule has 182 valence electrons. The van der Waals surface area contributed by atoms with E-state index in [4.69, 9.17) is 26.1 Å².